The smallest absolute Gasteiger partial charge is 0.243 e. The summed E-state index contributed by atoms with van der Waals surface area (Å²) in [5.74, 6) is -0.144. The summed E-state index contributed by atoms with van der Waals surface area (Å²) in [6.45, 7) is 2.04. The Labute approximate surface area is 151 Å². The van der Waals surface area contributed by atoms with Crippen molar-refractivity contribution in [3.8, 4) is 0 Å². The largest absolute Gasteiger partial charge is 0.355 e. The van der Waals surface area contributed by atoms with Gasteiger partial charge < -0.3 is 10.2 Å². The third-order valence-corrected chi connectivity index (χ3v) is 4.67. The summed E-state index contributed by atoms with van der Waals surface area (Å²) in [6, 6.07) is 3.44. The van der Waals surface area contributed by atoms with Gasteiger partial charge in [-0.15, -0.1) is 24.0 Å². The SMILES string of the molecule is CN1CCN=C1NCCNS(=O)(=O)c1ccc(Cl)cc1F.I. The lowest BCUT2D eigenvalue weighted by Crippen LogP contribution is -2.40. The molecule has 6 nitrogen and oxygen atoms in total. The molecule has 0 unspecified atom stereocenters. The van der Waals surface area contributed by atoms with E-state index in [1.54, 1.807) is 0 Å². The van der Waals surface area contributed by atoms with Crippen LogP contribution >= 0.6 is 35.6 Å². The lowest BCUT2D eigenvalue weighted by atomic mass is 10.3. The molecule has 10 heteroatoms. The van der Waals surface area contributed by atoms with Crippen molar-refractivity contribution in [1.29, 1.82) is 0 Å². The number of rotatable bonds is 5. The molecular formula is C12H17ClFIN4O2S. The fourth-order valence-corrected chi connectivity index (χ4v) is 3.10. The van der Waals surface area contributed by atoms with E-state index in [2.05, 4.69) is 15.0 Å². The number of guanidine groups is 1. The first-order valence-corrected chi connectivity index (χ1v) is 8.20. The first-order chi connectivity index (χ1) is 9.90. The molecule has 1 aliphatic rings. The second kappa shape index (κ2) is 8.27. The first kappa shape index (κ1) is 19.4. The maximum Gasteiger partial charge on any atom is 0.243 e. The maximum atomic E-state index is 13.6. The number of aliphatic imine (C=N–C) groups is 1. The van der Waals surface area contributed by atoms with Crippen molar-refractivity contribution in [2.24, 2.45) is 4.99 Å². The maximum absolute atomic E-state index is 13.6. The molecule has 1 aromatic carbocycles. The van der Waals surface area contributed by atoms with E-state index in [0.717, 1.165) is 31.2 Å². The minimum Gasteiger partial charge on any atom is -0.355 e. The summed E-state index contributed by atoms with van der Waals surface area (Å²) >= 11 is 5.60. The Hall–Kier alpha value is -0.650. The van der Waals surface area contributed by atoms with Crippen LogP contribution in [-0.4, -0.2) is 52.5 Å². The van der Waals surface area contributed by atoms with Gasteiger partial charge in [0.05, 0.1) is 6.54 Å². The van der Waals surface area contributed by atoms with E-state index in [1.165, 1.54) is 6.07 Å². The van der Waals surface area contributed by atoms with E-state index in [9.17, 15) is 12.8 Å². The van der Waals surface area contributed by atoms with Crippen molar-refractivity contribution in [2.75, 3.05) is 33.2 Å². The van der Waals surface area contributed by atoms with E-state index in [4.69, 9.17) is 11.6 Å². The summed E-state index contributed by atoms with van der Waals surface area (Å²) in [5.41, 5.74) is 0. The predicted molar refractivity (Wildman–Crippen MR) is 94.9 cm³/mol. The molecule has 0 spiro atoms. The van der Waals surface area contributed by atoms with Crippen LogP contribution in [0.15, 0.2) is 28.1 Å². The number of sulfonamides is 1. The van der Waals surface area contributed by atoms with Gasteiger partial charge in [-0.3, -0.25) is 4.99 Å². The molecule has 0 fully saturated rings. The summed E-state index contributed by atoms with van der Waals surface area (Å²) in [4.78, 5) is 5.74. The molecule has 1 heterocycles. The Kier molecular flexibility index (Phi) is 7.29. The Bertz CT molecular complexity index is 657. The zero-order valence-corrected chi connectivity index (χ0v) is 15.7. The minimum absolute atomic E-state index is 0. The van der Waals surface area contributed by atoms with Crippen LogP contribution in [0.2, 0.25) is 5.02 Å². The zero-order chi connectivity index (χ0) is 15.5. The minimum atomic E-state index is -3.89. The van der Waals surface area contributed by atoms with Crippen LogP contribution < -0.4 is 10.0 Å². The highest BCUT2D eigenvalue weighted by Crippen LogP contribution is 2.18. The number of hydrogen-bond donors (Lipinski definition) is 2. The molecular weight excluding hydrogens is 446 g/mol. The summed E-state index contributed by atoms with van der Waals surface area (Å²) in [6.07, 6.45) is 0. The molecule has 0 atom stereocenters. The Morgan fingerprint density at radius 3 is 2.73 bits per heavy atom. The molecule has 1 aliphatic heterocycles. The second-order valence-electron chi connectivity index (χ2n) is 4.53. The van der Waals surface area contributed by atoms with Gasteiger partial charge in [0.15, 0.2) is 5.96 Å². The monoisotopic (exact) mass is 462 g/mol. The van der Waals surface area contributed by atoms with Crippen molar-refractivity contribution in [3.05, 3.63) is 29.0 Å². The van der Waals surface area contributed by atoms with Crippen LogP contribution in [0.25, 0.3) is 0 Å². The van der Waals surface area contributed by atoms with Crippen LogP contribution in [0, 0.1) is 5.82 Å². The van der Waals surface area contributed by atoms with Gasteiger partial charge in [0.25, 0.3) is 0 Å². The average Bonchev–Trinajstić information content (AvgIpc) is 2.80. The standard InChI is InChI=1S/C12H16ClFN4O2S.HI/c1-18-7-6-16-12(18)15-4-5-17-21(19,20)11-3-2-9(13)8-10(11)14;/h2-3,8,17H,4-7H2,1H3,(H,15,16);1H. The van der Waals surface area contributed by atoms with E-state index in [1.807, 2.05) is 11.9 Å². The average molecular weight is 463 g/mol. The first-order valence-electron chi connectivity index (χ1n) is 6.34. The zero-order valence-electron chi connectivity index (χ0n) is 11.8. The third kappa shape index (κ3) is 4.93. The topological polar surface area (TPSA) is 73.8 Å². The van der Waals surface area contributed by atoms with Crippen molar-refractivity contribution >= 4 is 51.6 Å². The van der Waals surface area contributed by atoms with Gasteiger partial charge in [-0.2, -0.15) is 0 Å². The van der Waals surface area contributed by atoms with Crippen molar-refractivity contribution in [1.82, 2.24) is 14.9 Å². The van der Waals surface area contributed by atoms with Crippen LogP contribution in [0.4, 0.5) is 4.39 Å². The van der Waals surface area contributed by atoms with E-state index in [0.29, 0.717) is 6.54 Å². The van der Waals surface area contributed by atoms with E-state index >= 15 is 0 Å². The molecule has 0 saturated heterocycles. The van der Waals surface area contributed by atoms with Crippen molar-refractivity contribution in [2.45, 2.75) is 4.90 Å². The van der Waals surface area contributed by atoms with E-state index < -0.39 is 20.7 Å². The Morgan fingerprint density at radius 2 is 2.14 bits per heavy atom. The Morgan fingerprint density at radius 1 is 1.41 bits per heavy atom. The van der Waals surface area contributed by atoms with Gasteiger partial charge >= 0.3 is 0 Å². The van der Waals surface area contributed by atoms with Crippen LogP contribution in [-0.2, 0) is 10.0 Å². The number of hydrogen-bond acceptors (Lipinski definition) is 5. The van der Waals surface area contributed by atoms with Crippen molar-refractivity contribution in [3.63, 3.8) is 0 Å². The van der Waals surface area contributed by atoms with Crippen LogP contribution in [0.3, 0.4) is 0 Å². The Balaban J connectivity index is 0.00000242. The number of halogens is 3. The van der Waals surface area contributed by atoms with Gasteiger partial charge in [0, 0.05) is 31.7 Å². The second-order valence-corrected chi connectivity index (χ2v) is 6.70. The molecule has 0 radical (unpaired) electrons. The summed E-state index contributed by atoms with van der Waals surface area (Å²) in [5, 5.41) is 3.16. The van der Waals surface area contributed by atoms with Gasteiger partial charge in [-0.1, -0.05) is 11.6 Å². The third-order valence-electron chi connectivity index (χ3n) is 2.94. The summed E-state index contributed by atoms with van der Waals surface area (Å²) in [7, 11) is -2.00. The fourth-order valence-electron chi connectivity index (χ4n) is 1.85. The van der Waals surface area contributed by atoms with Crippen LogP contribution in [0.5, 0.6) is 0 Å². The molecule has 0 bridgehead atoms. The highest BCUT2D eigenvalue weighted by atomic mass is 127. The molecule has 2 rings (SSSR count). The van der Waals surface area contributed by atoms with Gasteiger partial charge in [-0.05, 0) is 18.2 Å². The van der Waals surface area contributed by atoms with Crippen LogP contribution in [0.1, 0.15) is 0 Å². The molecule has 0 aliphatic carbocycles. The molecule has 1 aromatic rings. The molecule has 124 valence electrons. The number of likely N-dealkylation sites (N-methyl/N-ethyl adjacent to an activating group) is 1. The summed E-state index contributed by atoms with van der Waals surface area (Å²) < 4.78 is 39.9. The van der Waals surface area contributed by atoms with Crippen molar-refractivity contribution < 1.29 is 12.8 Å². The molecule has 0 aromatic heterocycles. The lowest BCUT2D eigenvalue weighted by molar-refractivity contribution is 0.532. The highest BCUT2D eigenvalue weighted by molar-refractivity contribution is 14.0. The van der Waals surface area contributed by atoms with Gasteiger partial charge in [0.2, 0.25) is 10.0 Å². The number of nitrogens with one attached hydrogen (secondary N) is 2. The fraction of sp³-hybridized carbons (Fsp3) is 0.417. The highest BCUT2D eigenvalue weighted by Gasteiger charge is 2.19. The molecule has 0 amide bonds. The molecule has 0 saturated carbocycles. The number of benzene rings is 1. The van der Waals surface area contributed by atoms with Gasteiger partial charge in [0.1, 0.15) is 10.7 Å². The number of nitrogens with zero attached hydrogens (tertiary/aromatic N) is 2. The molecule has 22 heavy (non-hydrogen) atoms. The predicted octanol–water partition coefficient (Wildman–Crippen LogP) is 1.27. The van der Waals surface area contributed by atoms with E-state index in [-0.39, 0.29) is 35.5 Å². The molecule has 2 N–H and O–H groups in total. The normalized spacial score (nSPS) is 14.5. The quantitative estimate of drug-likeness (QED) is 0.511. The van der Waals surface area contributed by atoms with Gasteiger partial charge in [-0.25, -0.2) is 17.5 Å². The lowest BCUT2D eigenvalue weighted by Gasteiger charge is -2.15.